The first-order valence-electron chi connectivity index (χ1n) is 8.63. The molecule has 2 aliphatic rings. The van der Waals surface area contributed by atoms with Crippen LogP contribution in [0.1, 0.15) is 29.8 Å². The zero-order valence-corrected chi connectivity index (χ0v) is 15.2. The van der Waals surface area contributed by atoms with Crippen molar-refractivity contribution < 1.29 is 17.6 Å². The minimum absolute atomic E-state index is 0.133. The van der Waals surface area contributed by atoms with Gasteiger partial charge in [-0.25, -0.2) is 8.42 Å². The molecule has 3 N–H and O–H groups in total. The van der Waals surface area contributed by atoms with Gasteiger partial charge in [-0.15, -0.1) is 0 Å². The lowest BCUT2D eigenvalue weighted by Crippen LogP contribution is -2.42. The number of hydrogen-bond donors (Lipinski definition) is 3. The van der Waals surface area contributed by atoms with Crippen molar-refractivity contribution in [3.63, 3.8) is 0 Å². The molecule has 0 spiro atoms. The summed E-state index contributed by atoms with van der Waals surface area (Å²) in [7, 11) is -3.42. The van der Waals surface area contributed by atoms with E-state index >= 15 is 0 Å². The lowest BCUT2D eigenvalue weighted by Gasteiger charge is -2.20. The highest BCUT2D eigenvalue weighted by Gasteiger charge is 2.40. The van der Waals surface area contributed by atoms with Crippen LogP contribution < -0.4 is 15.4 Å². The van der Waals surface area contributed by atoms with E-state index in [-0.39, 0.29) is 17.7 Å². The molecule has 2 saturated heterocycles. The summed E-state index contributed by atoms with van der Waals surface area (Å²) in [6.07, 6.45) is 4.30. The molecule has 0 radical (unpaired) electrons. The number of sulfonamides is 1. The molecule has 4 rings (SSSR count). The van der Waals surface area contributed by atoms with Crippen molar-refractivity contribution in [3.8, 4) is 11.3 Å². The normalized spacial score (nSPS) is 24.6. The van der Waals surface area contributed by atoms with Gasteiger partial charge in [0.2, 0.25) is 10.0 Å². The summed E-state index contributed by atoms with van der Waals surface area (Å²) in [6, 6.07) is 11.2. The summed E-state index contributed by atoms with van der Waals surface area (Å²) in [6.45, 7) is 0. The fourth-order valence-electron chi connectivity index (χ4n) is 3.81. The van der Waals surface area contributed by atoms with Crippen LogP contribution in [-0.2, 0) is 10.0 Å². The van der Waals surface area contributed by atoms with E-state index in [1.165, 1.54) is 6.42 Å². The lowest BCUT2D eigenvalue weighted by atomic mass is 9.95. The predicted molar refractivity (Wildman–Crippen MR) is 98.4 cm³/mol. The first-order chi connectivity index (χ1) is 12.4. The molecule has 7 nitrogen and oxygen atoms in total. The molecule has 2 bridgehead atoms. The van der Waals surface area contributed by atoms with Gasteiger partial charge in [0.1, 0.15) is 5.76 Å². The van der Waals surface area contributed by atoms with Gasteiger partial charge in [-0.2, -0.15) is 0 Å². The Kier molecular flexibility index (Phi) is 4.24. The Hall–Kier alpha value is -2.32. The van der Waals surface area contributed by atoms with Crippen molar-refractivity contribution in [1.82, 2.24) is 10.6 Å². The highest BCUT2D eigenvalue weighted by molar-refractivity contribution is 7.92. The number of furan rings is 1. The van der Waals surface area contributed by atoms with E-state index in [1.54, 1.807) is 36.4 Å². The van der Waals surface area contributed by atoms with Gasteiger partial charge in [0.25, 0.3) is 5.91 Å². The minimum Gasteiger partial charge on any atom is -0.451 e. The second-order valence-corrected chi connectivity index (χ2v) is 8.70. The molecule has 2 fully saturated rings. The fraction of sp³-hybridized carbons (Fsp3) is 0.389. The third-order valence-corrected chi connectivity index (χ3v) is 5.52. The van der Waals surface area contributed by atoms with E-state index in [0.29, 0.717) is 29.1 Å². The molecule has 3 heterocycles. The Morgan fingerprint density at radius 2 is 2.00 bits per heavy atom. The fourth-order valence-corrected chi connectivity index (χ4v) is 4.39. The predicted octanol–water partition coefficient (Wildman–Crippen LogP) is 1.94. The maximum atomic E-state index is 12.5. The zero-order valence-electron chi connectivity index (χ0n) is 14.4. The van der Waals surface area contributed by atoms with Gasteiger partial charge in [-0.05, 0) is 43.5 Å². The number of amides is 1. The molecule has 138 valence electrons. The molecule has 26 heavy (non-hydrogen) atoms. The standard InChI is InChI=1S/C18H21N3O4S/c1-26(23,24)21-13-5-3-2-4-12(13)16-8-9-17(25-16)18(22)20-15-10-11-6-7-14(15)19-11/h2-5,8-9,11,14-15,19,21H,6-7,10H2,1H3,(H,20,22). The van der Waals surface area contributed by atoms with Crippen LogP contribution in [0.15, 0.2) is 40.8 Å². The molecule has 3 atom stereocenters. The third kappa shape index (κ3) is 3.47. The van der Waals surface area contributed by atoms with E-state index < -0.39 is 10.0 Å². The summed E-state index contributed by atoms with van der Waals surface area (Å²) in [5, 5.41) is 6.52. The first kappa shape index (κ1) is 17.1. The summed E-state index contributed by atoms with van der Waals surface area (Å²) in [4.78, 5) is 12.5. The molecular formula is C18H21N3O4S. The van der Waals surface area contributed by atoms with Crippen LogP contribution in [0, 0.1) is 0 Å². The molecule has 1 aromatic heterocycles. The largest absolute Gasteiger partial charge is 0.451 e. The summed E-state index contributed by atoms with van der Waals surface area (Å²) in [5.74, 6) is 0.411. The number of carbonyl (C=O) groups is 1. The second kappa shape index (κ2) is 6.44. The maximum absolute atomic E-state index is 12.5. The smallest absolute Gasteiger partial charge is 0.287 e. The number of hydrogen-bond acceptors (Lipinski definition) is 5. The van der Waals surface area contributed by atoms with Crippen molar-refractivity contribution in [3.05, 3.63) is 42.2 Å². The second-order valence-electron chi connectivity index (χ2n) is 6.95. The van der Waals surface area contributed by atoms with Crippen molar-refractivity contribution in [2.75, 3.05) is 11.0 Å². The number of rotatable bonds is 5. The van der Waals surface area contributed by atoms with Gasteiger partial charge < -0.3 is 15.1 Å². The van der Waals surface area contributed by atoms with Crippen LogP contribution >= 0.6 is 0 Å². The van der Waals surface area contributed by atoms with Crippen molar-refractivity contribution >= 4 is 21.6 Å². The molecule has 2 aromatic rings. The highest BCUT2D eigenvalue weighted by Crippen LogP contribution is 2.31. The number of nitrogens with one attached hydrogen (secondary N) is 3. The van der Waals surface area contributed by atoms with Gasteiger partial charge in [0.05, 0.1) is 11.9 Å². The molecule has 1 amide bonds. The van der Waals surface area contributed by atoms with Gasteiger partial charge in [0.15, 0.2) is 5.76 Å². The van der Waals surface area contributed by atoms with Crippen LogP contribution in [-0.4, -0.2) is 38.7 Å². The number of benzene rings is 1. The number of para-hydroxylation sites is 1. The molecule has 3 unspecified atom stereocenters. The molecule has 1 aromatic carbocycles. The van der Waals surface area contributed by atoms with E-state index in [0.717, 1.165) is 19.1 Å². The van der Waals surface area contributed by atoms with Crippen LogP contribution in [0.5, 0.6) is 0 Å². The number of anilines is 1. The third-order valence-electron chi connectivity index (χ3n) is 4.93. The Morgan fingerprint density at radius 3 is 2.69 bits per heavy atom. The Bertz CT molecular complexity index is 937. The average Bonchev–Trinajstić information content (AvgIpc) is 3.30. The van der Waals surface area contributed by atoms with E-state index in [2.05, 4.69) is 15.4 Å². The lowest BCUT2D eigenvalue weighted by molar-refractivity contribution is 0.0903. The van der Waals surface area contributed by atoms with E-state index in [1.807, 2.05) is 0 Å². The quantitative estimate of drug-likeness (QED) is 0.742. The topological polar surface area (TPSA) is 100 Å². The number of carbonyl (C=O) groups excluding carboxylic acids is 1. The van der Waals surface area contributed by atoms with E-state index in [4.69, 9.17) is 4.42 Å². The van der Waals surface area contributed by atoms with Gasteiger partial charge in [0, 0.05) is 23.7 Å². The Balaban J connectivity index is 1.52. The van der Waals surface area contributed by atoms with E-state index in [9.17, 15) is 13.2 Å². The van der Waals surface area contributed by atoms with Crippen LogP contribution in [0.2, 0.25) is 0 Å². The van der Waals surface area contributed by atoms with Crippen molar-refractivity contribution in [2.24, 2.45) is 0 Å². The Labute approximate surface area is 152 Å². The zero-order chi connectivity index (χ0) is 18.3. The molecule has 0 aliphatic carbocycles. The summed E-state index contributed by atoms with van der Waals surface area (Å²) in [5.41, 5.74) is 0.993. The number of fused-ring (bicyclic) bond motifs is 2. The molecular weight excluding hydrogens is 354 g/mol. The molecule has 0 saturated carbocycles. The summed E-state index contributed by atoms with van der Waals surface area (Å²) >= 11 is 0. The van der Waals surface area contributed by atoms with Gasteiger partial charge in [-0.3, -0.25) is 9.52 Å². The van der Waals surface area contributed by atoms with Gasteiger partial charge in [-0.1, -0.05) is 12.1 Å². The minimum atomic E-state index is -3.42. The molecule has 2 aliphatic heterocycles. The van der Waals surface area contributed by atoms with Crippen LogP contribution in [0.3, 0.4) is 0 Å². The SMILES string of the molecule is CS(=O)(=O)Nc1ccccc1-c1ccc(C(=O)NC2CC3CCC2N3)o1. The summed E-state index contributed by atoms with van der Waals surface area (Å²) < 4.78 is 31.3. The Morgan fingerprint density at radius 1 is 1.19 bits per heavy atom. The average molecular weight is 375 g/mol. The van der Waals surface area contributed by atoms with Crippen LogP contribution in [0.25, 0.3) is 11.3 Å². The van der Waals surface area contributed by atoms with Crippen LogP contribution in [0.4, 0.5) is 5.69 Å². The highest BCUT2D eigenvalue weighted by atomic mass is 32.2. The molecule has 8 heteroatoms. The van der Waals surface area contributed by atoms with Gasteiger partial charge >= 0.3 is 0 Å². The van der Waals surface area contributed by atoms with Crippen molar-refractivity contribution in [1.29, 1.82) is 0 Å². The first-order valence-corrected chi connectivity index (χ1v) is 10.5. The van der Waals surface area contributed by atoms with Crippen molar-refractivity contribution in [2.45, 2.75) is 37.4 Å². The maximum Gasteiger partial charge on any atom is 0.287 e. The monoisotopic (exact) mass is 375 g/mol.